The highest BCUT2D eigenvalue weighted by Gasteiger charge is 2.19. The maximum absolute atomic E-state index is 13.7. The smallest absolute Gasteiger partial charge is 0.129 e. The molecule has 0 heterocycles. The first-order chi connectivity index (χ1) is 9.13. The van der Waals surface area contributed by atoms with Gasteiger partial charge in [-0.25, -0.2) is 13.2 Å². The summed E-state index contributed by atoms with van der Waals surface area (Å²) in [6.45, 7) is 0. The fourth-order valence-corrected chi connectivity index (χ4v) is 2.30. The molecular formula is C15H12ClF3. The Bertz CT molecular complexity index is 549. The Morgan fingerprint density at radius 1 is 0.842 bits per heavy atom. The quantitative estimate of drug-likeness (QED) is 0.716. The Balaban J connectivity index is 2.32. The molecule has 0 fully saturated rings. The van der Waals surface area contributed by atoms with E-state index >= 15 is 0 Å². The van der Waals surface area contributed by atoms with Crippen LogP contribution in [0.1, 0.15) is 17.0 Å². The van der Waals surface area contributed by atoms with Crippen LogP contribution in [-0.2, 0) is 6.42 Å². The van der Waals surface area contributed by atoms with E-state index in [1.54, 1.807) is 18.2 Å². The SMILES string of the molecule is Fc1ccccc1C(CCl)Cc1c(F)cccc1F. The minimum Gasteiger partial charge on any atom is -0.207 e. The predicted molar refractivity (Wildman–Crippen MR) is 69.9 cm³/mol. The zero-order chi connectivity index (χ0) is 13.8. The number of hydrogen-bond donors (Lipinski definition) is 0. The molecule has 2 rings (SSSR count). The first-order valence-electron chi connectivity index (χ1n) is 5.86. The average Bonchev–Trinajstić information content (AvgIpc) is 2.40. The lowest BCUT2D eigenvalue weighted by molar-refractivity contribution is 0.535. The summed E-state index contributed by atoms with van der Waals surface area (Å²) < 4.78 is 40.9. The summed E-state index contributed by atoms with van der Waals surface area (Å²) in [4.78, 5) is 0. The lowest BCUT2D eigenvalue weighted by Crippen LogP contribution is -2.09. The van der Waals surface area contributed by atoms with Crippen molar-refractivity contribution < 1.29 is 13.2 Å². The van der Waals surface area contributed by atoms with Gasteiger partial charge in [0.15, 0.2) is 0 Å². The summed E-state index contributed by atoms with van der Waals surface area (Å²) in [5.41, 5.74) is 0.316. The molecule has 0 aromatic heterocycles. The lowest BCUT2D eigenvalue weighted by atomic mass is 9.92. The molecule has 0 radical (unpaired) electrons. The molecule has 19 heavy (non-hydrogen) atoms. The molecule has 0 aliphatic carbocycles. The molecule has 0 amide bonds. The lowest BCUT2D eigenvalue weighted by Gasteiger charge is -2.16. The highest BCUT2D eigenvalue weighted by atomic mass is 35.5. The third kappa shape index (κ3) is 3.10. The van der Waals surface area contributed by atoms with Gasteiger partial charge in [0.2, 0.25) is 0 Å². The van der Waals surface area contributed by atoms with Crippen LogP contribution in [0.25, 0.3) is 0 Å². The van der Waals surface area contributed by atoms with Crippen LogP contribution in [0, 0.1) is 17.5 Å². The maximum Gasteiger partial charge on any atom is 0.129 e. The molecule has 0 saturated heterocycles. The summed E-state index contributed by atoms with van der Waals surface area (Å²) >= 11 is 5.82. The number of alkyl halides is 1. The minimum atomic E-state index is -0.633. The zero-order valence-corrected chi connectivity index (χ0v) is 10.8. The monoisotopic (exact) mass is 284 g/mol. The van der Waals surface area contributed by atoms with Gasteiger partial charge in [0, 0.05) is 17.4 Å². The van der Waals surface area contributed by atoms with E-state index in [0.717, 1.165) is 0 Å². The summed E-state index contributed by atoms with van der Waals surface area (Å²) in [7, 11) is 0. The van der Waals surface area contributed by atoms with Gasteiger partial charge < -0.3 is 0 Å². The first-order valence-corrected chi connectivity index (χ1v) is 6.40. The summed E-state index contributed by atoms with van der Waals surface area (Å²) in [5.74, 6) is -2.05. The second-order valence-electron chi connectivity index (χ2n) is 4.28. The molecule has 0 bridgehead atoms. The minimum absolute atomic E-state index is 0.0307. The van der Waals surface area contributed by atoms with Crippen LogP contribution < -0.4 is 0 Å². The molecule has 0 spiro atoms. The molecule has 0 nitrogen and oxygen atoms in total. The molecule has 4 heteroatoms. The third-order valence-corrected chi connectivity index (χ3v) is 3.42. The van der Waals surface area contributed by atoms with Crippen LogP contribution in [-0.4, -0.2) is 5.88 Å². The summed E-state index contributed by atoms with van der Waals surface area (Å²) in [6, 6.07) is 9.81. The van der Waals surface area contributed by atoms with Crippen LogP contribution in [0.3, 0.4) is 0 Å². The van der Waals surface area contributed by atoms with Crippen molar-refractivity contribution in [2.45, 2.75) is 12.3 Å². The molecule has 100 valence electrons. The van der Waals surface area contributed by atoms with Crippen molar-refractivity contribution in [3.63, 3.8) is 0 Å². The highest BCUT2D eigenvalue weighted by Crippen LogP contribution is 2.27. The Hall–Kier alpha value is -1.48. The van der Waals surface area contributed by atoms with Gasteiger partial charge in [-0.05, 0) is 30.2 Å². The Morgan fingerprint density at radius 2 is 1.42 bits per heavy atom. The third-order valence-electron chi connectivity index (χ3n) is 3.04. The second-order valence-corrected chi connectivity index (χ2v) is 4.59. The summed E-state index contributed by atoms with van der Waals surface area (Å²) in [5, 5.41) is 0. The van der Waals surface area contributed by atoms with Gasteiger partial charge in [-0.1, -0.05) is 24.3 Å². The number of rotatable bonds is 4. The van der Waals surface area contributed by atoms with E-state index in [1.807, 2.05) is 0 Å². The molecule has 0 N–H and O–H groups in total. The van der Waals surface area contributed by atoms with Crippen molar-refractivity contribution in [3.05, 3.63) is 71.0 Å². The first kappa shape index (κ1) is 13.9. The van der Waals surface area contributed by atoms with E-state index in [2.05, 4.69) is 0 Å². The van der Waals surface area contributed by atoms with E-state index in [9.17, 15) is 13.2 Å². The van der Waals surface area contributed by atoms with Crippen molar-refractivity contribution in [1.29, 1.82) is 0 Å². The molecule has 2 aromatic rings. The number of hydrogen-bond acceptors (Lipinski definition) is 0. The highest BCUT2D eigenvalue weighted by molar-refractivity contribution is 6.18. The van der Waals surface area contributed by atoms with E-state index in [4.69, 9.17) is 11.6 Å². The molecular weight excluding hydrogens is 273 g/mol. The van der Waals surface area contributed by atoms with Gasteiger partial charge in [0.1, 0.15) is 17.5 Å². The fourth-order valence-electron chi connectivity index (χ4n) is 2.03. The van der Waals surface area contributed by atoms with Gasteiger partial charge in [0.25, 0.3) is 0 Å². The molecule has 0 saturated carbocycles. The zero-order valence-electron chi connectivity index (χ0n) is 10.0. The standard InChI is InChI=1S/C15H12ClF3/c16-9-10(11-4-1-2-5-13(11)17)8-12-14(18)6-3-7-15(12)19/h1-7,10H,8-9H2. The van der Waals surface area contributed by atoms with Crippen molar-refractivity contribution in [1.82, 2.24) is 0 Å². The molecule has 0 aliphatic heterocycles. The van der Waals surface area contributed by atoms with Crippen molar-refractivity contribution in [2.24, 2.45) is 0 Å². The largest absolute Gasteiger partial charge is 0.207 e. The van der Waals surface area contributed by atoms with Crippen LogP contribution in [0.2, 0.25) is 0 Å². The number of benzene rings is 2. The van der Waals surface area contributed by atoms with Gasteiger partial charge in [0.05, 0.1) is 0 Å². The number of halogens is 4. The maximum atomic E-state index is 13.7. The second kappa shape index (κ2) is 6.11. The van der Waals surface area contributed by atoms with E-state index in [-0.39, 0.29) is 17.9 Å². The van der Waals surface area contributed by atoms with Crippen molar-refractivity contribution >= 4 is 11.6 Å². The van der Waals surface area contributed by atoms with Gasteiger partial charge in [-0.3, -0.25) is 0 Å². The van der Waals surface area contributed by atoms with Crippen LogP contribution >= 0.6 is 11.6 Å². The average molecular weight is 285 g/mol. The van der Waals surface area contributed by atoms with E-state index < -0.39 is 23.4 Å². The van der Waals surface area contributed by atoms with Crippen molar-refractivity contribution in [3.8, 4) is 0 Å². The topological polar surface area (TPSA) is 0 Å². The Kier molecular flexibility index (Phi) is 4.48. The Labute approximate surface area is 114 Å². The molecule has 0 aliphatic rings. The van der Waals surface area contributed by atoms with Crippen LogP contribution in [0.15, 0.2) is 42.5 Å². The van der Waals surface area contributed by atoms with Crippen molar-refractivity contribution in [2.75, 3.05) is 5.88 Å². The normalized spacial score (nSPS) is 12.4. The molecule has 1 atom stereocenters. The Morgan fingerprint density at radius 3 is 2.00 bits per heavy atom. The predicted octanol–water partition coefficient (Wildman–Crippen LogP) is 4.67. The van der Waals surface area contributed by atoms with Crippen LogP contribution in [0.4, 0.5) is 13.2 Å². The van der Waals surface area contributed by atoms with E-state index in [0.29, 0.717) is 5.56 Å². The van der Waals surface area contributed by atoms with Crippen LogP contribution in [0.5, 0.6) is 0 Å². The van der Waals surface area contributed by atoms with Gasteiger partial charge in [-0.15, -0.1) is 11.6 Å². The molecule has 1 unspecified atom stereocenters. The van der Waals surface area contributed by atoms with Gasteiger partial charge in [-0.2, -0.15) is 0 Å². The molecule has 2 aromatic carbocycles. The fraction of sp³-hybridized carbons (Fsp3) is 0.200. The van der Waals surface area contributed by atoms with E-state index in [1.165, 1.54) is 24.3 Å². The van der Waals surface area contributed by atoms with Gasteiger partial charge >= 0.3 is 0 Å². The summed E-state index contributed by atoms with van der Waals surface area (Å²) in [6.07, 6.45) is 0.0307.